The Morgan fingerprint density at radius 2 is 2.30 bits per heavy atom. The molecule has 0 aromatic carbocycles. The highest BCUT2D eigenvalue weighted by Crippen LogP contribution is 2.41. The second-order valence-electron chi connectivity index (χ2n) is 5.41. The SMILES string of the molecule is N#Cc1cnc(N2CC3CCC(O)C3C2)c([N+](=O)[O-])c1. The van der Waals surface area contributed by atoms with Gasteiger partial charge in [0.05, 0.1) is 16.6 Å². The number of aliphatic hydroxyl groups excluding tert-OH is 1. The lowest BCUT2D eigenvalue weighted by molar-refractivity contribution is -0.384. The smallest absolute Gasteiger partial charge is 0.312 e. The van der Waals surface area contributed by atoms with E-state index in [1.807, 2.05) is 11.0 Å². The Labute approximate surface area is 115 Å². The van der Waals surface area contributed by atoms with Crippen molar-refractivity contribution in [3.05, 3.63) is 27.9 Å². The second kappa shape index (κ2) is 4.72. The highest BCUT2D eigenvalue weighted by molar-refractivity contribution is 5.60. The number of nitrogens with zero attached hydrogens (tertiary/aromatic N) is 4. The lowest BCUT2D eigenvalue weighted by Gasteiger charge is -2.19. The van der Waals surface area contributed by atoms with E-state index in [2.05, 4.69) is 4.98 Å². The Morgan fingerprint density at radius 1 is 1.50 bits per heavy atom. The molecule has 0 bridgehead atoms. The van der Waals surface area contributed by atoms with Gasteiger partial charge < -0.3 is 10.0 Å². The van der Waals surface area contributed by atoms with Crippen LogP contribution < -0.4 is 4.90 Å². The zero-order chi connectivity index (χ0) is 14.3. The first-order valence-electron chi connectivity index (χ1n) is 6.57. The van der Waals surface area contributed by atoms with Crippen LogP contribution in [-0.4, -0.2) is 34.2 Å². The molecule has 1 N–H and O–H groups in total. The fourth-order valence-electron chi connectivity index (χ4n) is 3.29. The highest BCUT2D eigenvalue weighted by Gasteiger charge is 2.43. The molecule has 3 rings (SSSR count). The number of fused-ring (bicyclic) bond motifs is 1. The summed E-state index contributed by atoms with van der Waals surface area (Å²) in [6.07, 6.45) is 2.80. The minimum Gasteiger partial charge on any atom is -0.393 e. The molecule has 1 aliphatic carbocycles. The van der Waals surface area contributed by atoms with E-state index >= 15 is 0 Å². The number of nitro groups is 1. The summed E-state index contributed by atoms with van der Waals surface area (Å²) < 4.78 is 0. The molecule has 1 aromatic rings. The van der Waals surface area contributed by atoms with Crippen LogP contribution in [0.15, 0.2) is 12.3 Å². The maximum Gasteiger partial charge on any atom is 0.312 e. The van der Waals surface area contributed by atoms with Gasteiger partial charge in [-0.05, 0) is 18.8 Å². The number of aliphatic hydroxyl groups is 1. The molecule has 1 aromatic heterocycles. The van der Waals surface area contributed by atoms with Crippen molar-refractivity contribution in [3.63, 3.8) is 0 Å². The van der Waals surface area contributed by atoms with E-state index in [-0.39, 0.29) is 23.3 Å². The monoisotopic (exact) mass is 274 g/mol. The Balaban J connectivity index is 1.92. The standard InChI is InChI=1S/C13H14N4O3/c14-4-8-3-11(17(19)20)13(15-5-8)16-6-9-1-2-12(18)10(9)7-16/h3,5,9-10,12,18H,1-2,6-7H2. The minimum absolute atomic E-state index is 0.140. The lowest BCUT2D eigenvalue weighted by Crippen LogP contribution is -2.25. The summed E-state index contributed by atoms with van der Waals surface area (Å²) >= 11 is 0. The quantitative estimate of drug-likeness (QED) is 0.639. The fraction of sp³-hybridized carbons (Fsp3) is 0.538. The van der Waals surface area contributed by atoms with Crippen molar-refractivity contribution in [3.8, 4) is 6.07 Å². The minimum atomic E-state index is -0.506. The average Bonchev–Trinajstić information content (AvgIpc) is 3.00. The van der Waals surface area contributed by atoms with Crippen LogP contribution in [0.3, 0.4) is 0 Å². The van der Waals surface area contributed by atoms with Gasteiger partial charge in [0.25, 0.3) is 0 Å². The van der Waals surface area contributed by atoms with Gasteiger partial charge in [0.15, 0.2) is 0 Å². The number of nitriles is 1. The largest absolute Gasteiger partial charge is 0.393 e. The number of anilines is 1. The Hall–Kier alpha value is -2.20. The molecule has 2 heterocycles. The van der Waals surface area contributed by atoms with E-state index in [4.69, 9.17) is 5.26 Å². The third-order valence-corrected chi connectivity index (χ3v) is 4.29. The molecule has 7 heteroatoms. The van der Waals surface area contributed by atoms with Crippen LogP contribution in [0, 0.1) is 33.3 Å². The molecule has 1 saturated carbocycles. The molecule has 3 atom stereocenters. The van der Waals surface area contributed by atoms with Crippen molar-refractivity contribution in [1.29, 1.82) is 5.26 Å². The molecule has 0 radical (unpaired) electrons. The third kappa shape index (κ3) is 1.98. The molecule has 104 valence electrons. The van der Waals surface area contributed by atoms with E-state index in [0.717, 1.165) is 12.8 Å². The molecule has 7 nitrogen and oxygen atoms in total. The van der Waals surface area contributed by atoms with Crippen LogP contribution in [0.4, 0.5) is 11.5 Å². The van der Waals surface area contributed by atoms with Crippen molar-refractivity contribution in [2.45, 2.75) is 18.9 Å². The summed E-state index contributed by atoms with van der Waals surface area (Å²) in [6.45, 7) is 1.27. The van der Waals surface area contributed by atoms with Crippen molar-refractivity contribution < 1.29 is 10.0 Å². The molecule has 2 aliphatic rings. The first-order chi connectivity index (χ1) is 9.60. The number of hydrogen-bond acceptors (Lipinski definition) is 6. The summed E-state index contributed by atoms with van der Waals surface area (Å²) in [4.78, 5) is 16.6. The van der Waals surface area contributed by atoms with Crippen LogP contribution >= 0.6 is 0 Å². The molecule has 2 fully saturated rings. The Bertz CT molecular complexity index is 598. The van der Waals surface area contributed by atoms with Crippen molar-refractivity contribution in [2.75, 3.05) is 18.0 Å². The van der Waals surface area contributed by atoms with Gasteiger partial charge in [-0.1, -0.05) is 0 Å². The van der Waals surface area contributed by atoms with Gasteiger partial charge in [-0.2, -0.15) is 5.26 Å². The van der Waals surface area contributed by atoms with Gasteiger partial charge >= 0.3 is 5.69 Å². The van der Waals surface area contributed by atoms with E-state index in [1.54, 1.807) is 0 Å². The number of rotatable bonds is 2. The zero-order valence-electron chi connectivity index (χ0n) is 10.8. The normalized spacial score (nSPS) is 28.2. The number of pyridine rings is 1. The molecular weight excluding hydrogens is 260 g/mol. The molecule has 1 saturated heterocycles. The molecule has 3 unspecified atom stereocenters. The maximum atomic E-state index is 11.1. The van der Waals surface area contributed by atoms with Gasteiger partial charge in [-0.25, -0.2) is 4.98 Å². The second-order valence-corrected chi connectivity index (χ2v) is 5.41. The third-order valence-electron chi connectivity index (χ3n) is 4.29. The van der Waals surface area contributed by atoms with Crippen molar-refractivity contribution >= 4 is 11.5 Å². The topological polar surface area (TPSA) is 103 Å². The van der Waals surface area contributed by atoms with Crippen LogP contribution in [0.1, 0.15) is 18.4 Å². The fourth-order valence-corrected chi connectivity index (χ4v) is 3.29. The van der Waals surface area contributed by atoms with Crippen molar-refractivity contribution in [1.82, 2.24) is 4.98 Å². The molecule has 20 heavy (non-hydrogen) atoms. The predicted octanol–water partition coefficient (Wildman–Crippen LogP) is 1.07. The summed E-state index contributed by atoms with van der Waals surface area (Å²) in [5, 5.41) is 29.8. The maximum absolute atomic E-state index is 11.1. The van der Waals surface area contributed by atoms with Gasteiger partial charge in [-0.3, -0.25) is 10.1 Å². The molecular formula is C13H14N4O3. The van der Waals surface area contributed by atoms with E-state index < -0.39 is 4.92 Å². The summed E-state index contributed by atoms with van der Waals surface area (Å²) in [6, 6.07) is 3.12. The first kappa shape index (κ1) is 12.8. The van der Waals surface area contributed by atoms with Crippen molar-refractivity contribution in [2.24, 2.45) is 11.8 Å². The summed E-state index contributed by atoms with van der Waals surface area (Å²) in [7, 11) is 0. The molecule has 0 spiro atoms. The Kier molecular flexibility index (Phi) is 3.03. The van der Waals surface area contributed by atoms with Crippen LogP contribution in [0.2, 0.25) is 0 Å². The van der Waals surface area contributed by atoms with E-state index in [9.17, 15) is 15.2 Å². The first-order valence-corrected chi connectivity index (χ1v) is 6.57. The highest BCUT2D eigenvalue weighted by atomic mass is 16.6. The predicted molar refractivity (Wildman–Crippen MR) is 70.0 cm³/mol. The van der Waals surface area contributed by atoms with Gasteiger partial charge in [0.1, 0.15) is 6.07 Å². The molecule has 0 amide bonds. The van der Waals surface area contributed by atoms with Gasteiger partial charge in [0, 0.05) is 31.3 Å². The summed E-state index contributed by atoms with van der Waals surface area (Å²) in [5.74, 6) is 0.852. The van der Waals surface area contributed by atoms with Crippen LogP contribution in [-0.2, 0) is 0 Å². The van der Waals surface area contributed by atoms with E-state index in [1.165, 1.54) is 12.3 Å². The number of aromatic nitrogens is 1. The van der Waals surface area contributed by atoms with E-state index in [0.29, 0.717) is 24.8 Å². The molecule has 1 aliphatic heterocycles. The van der Waals surface area contributed by atoms with Gasteiger partial charge in [0.2, 0.25) is 5.82 Å². The lowest BCUT2D eigenvalue weighted by atomic mass is 10.00. The van der Waals surface area contributed by atoms with Crippen LogP contribution in [0.5, 0.6) is 0 Å². The van der Waals surface area contributed by atoms with Gasteiger partial charge in [-0.15, -0.1) is 0 Å². The number of hydrogen-bond donors (Lipinski definition) is 1. The summed E-state index contributed by atoms with van der Waals surface area (Å²) in [5.41, 5.74) is 0.0402. The zero-order valence-corrected chi connectivity index (χ0v) is 10.8. The van der Waals surface area contributed by atoms with Crippen LogP contribution in [0.25, 0.3) is 0 Å². The average molecular weight is 274 g/mol. The Morgan fingerprint density at radius 3 is 2.95 bits per heavy atom.